The highest BCUT2D eigenvalue weighted by Crippen LogP contribution is 2.30. The van der Waals surface area contributed by atoms with Crippen molar-refractivity contribution in [2.45, 2.75) is 38.2 Å². The third-order valence-electron chi connectivity index (χ3n) is 3.34. The van der Waals surface area contributed by atoms with Crippen molar-refractivity contribution in [2.75, 3.05) is 6.54 Å². The molecular formula is C13H18N2O2. The van der Waals surface area contributed by atoms with E-state index in [0.29, 0.717) is 6.54 Å². The number of aryl methyl sites for hydroxylation is 1. The molecule has 0 atom stereocenters. The molecule has 0 unspecified atom stereocenters. The van der Waals surface area contributed by atoms with Crippen LogP contribution in [-0.4, -0.2) is 28.1 Å². The zero-order chi connectivity index (χ0) is 12.3. The SMILES string of the molecule is Cc1cccnc1CC(=O)NCC1(O)CCC1. The van der Waals surface area contributed by atoms with Gasteiger partial charge in [0.25, 0.3) is 0 Å². The summed E-state index contributed by atoms with van der Waals surface area (Å²) in [7, 11) is 0. The average molecular weight is 234 g/mol. The van der Waals surface area contributed by atoms with Crippen LogP contribution in [0.2, 0.25) is 0 Å². The van der Waals surface area contributed by atoms with Gasteiger partial charge < -0.3 is 10.4 Å². The first-order valence-corrected chi connectivity index (χ1v) is 5.99. The number of pyridine rings is 1. The number of amides is 1. The van der Waals surface area contributed by atoms with E-state index >= 15 is 0 Å². The highest BCUT2D eigenvalue weighted by Gasteiger charge is 2.34. The van der Waals surface area contributed by atoms with Gasteiger partial charge >= 0.3 is 0 Å². The molecule has 0 radical (unpaired) electrons. The Labute approximate surface area is 101 Å². The van der Waals surface area contributed by atoms with E-state index in [0.717, 1.165) is 30.5 Å². The number of aromatic nitrogens is 1. The van der Waals surface area contributed by atoms with Crippen LogP contribution in [-0.2, 0) is 11.2 Å². The maximum atomic E-state index is 11.7. The van der Waals surface area contributed by atoms with Crippen LogP contribution in [0.4, 0.5) is 0 Å². The maximum absolute atomic E-state index is 11.7. The van der Waals surface area contributed by atoms with Gasteiger partial charge in [-0.05, 0) is 37.8 Å². The van der Waals surface area contributed by atoms with Gasteiger partial charge in [0.1, 0.15) is 0 Å². The predicted molar refractivity (Wildman–Crippen MR) is 64.5 cm³/mol. The number of carbonyl (C=O) groups is 1. The van der Waals surface area contributed by atoms with Gasteiger partial charge in [-0.2, -0.15) is 0 Å². The molecule has 0 saturated heterocycles. The molecule has 2 rings (SSSR count). The van der Waals surface area contributed by atoms with Crippen LogP contribution in [0.15, 0.2) is 18.3 Å². The number of rotatable bonds is 4. The third kappa shape index (κ3) is 3.03. The molecule has 0 aliphatic heterocycles. The molecule has 1 aliphatic rings. The van der Waals surface area contributed by atoms with Gasteiger partial charge in [0.2, 0.25) is 5.91 Å². The number of hydrogen-bond acceptors (Lipinski definition) is 3. The Balaban J connectivity index is 1.83. The number of hydrogen-bond donors (Lipinski definition) is 2. The Kier molecular flexibility index (Phi) is 3.43. The summed E-state index contributed by atoms with van der Waals surface area (Å²) in [5.74, 6) is -0.0767. The van der Waals surface area contributed by atoms with E-state index in [2.05, 4.69) is 10.3 Å². The second-order valence-corrected chi connectivity index (χ2v) is 4.80. The Bertz CT molecular complexity index is 414. The fourth-order valence-electron chi connectivity index (χ4n) is 1.94. The summed E-state index contributed by atoms with van der Waals surface area (Å²) in [6.45, 7) is 2.30. The van der Waals surface area contributed by atoms with Crippen LogP contribution in [0, 0.1) is 6.92 Å². The lowest BCUT2D eigenvalue weighted by atomic mass is 9.80. The van der Waals surface area contributed by atoms with Crippen LogP contribution in [0.25, 0.3) is 0 Å². The Hall–Kier alpha value is -1.42. The molecule has 1 heterocycles. The van der Waals surface area contributed by atoms with Crippen LogP contribution in [0.1, 0.15) is 30.5 Å². The largest absolute Gasteiger partial charge is 0.388 e. The molecular weight excluding hydrogens is 216 g/mol. The van der Waals surface area contributed by atoms with E-state index in [1.54, 1.807) is 6.20 Å². The molecule has 0 aromatic carbocycles. The summed E-state index contributed by atoms with van der Waals surface area (Å²) in [6, 6.07) is 3.79. The zero-order valence-electron chi connectivity index (χ0n) is 10.1. The minimum Gasteiger partial charge on any atom is -0.388 e. The quantitative estimate of drug-likeness (QED) is 0.815. The van der Waals surface area contributed by atoms with Crippen molar-refractivity contribution in [3.63, 3.8) is 0 Å². The van der Waals surface area contributed by atoms with Gasteiger partial charge in [0.15, 0.2) is 0 Å². The van der Waals surface area contributed by atoms with Crippen molar-refractivity contribution in [1.82, 2.24) is 10.3 Å². The first-order valence-electron chi connectivity index (χ1n) is 5.99. The lowest BCUT2D eigenvalue weighted by Crippen LogP contribution is -2.48. The van der Waals surface area contributed by atoms with E-state index in [9.17, 15) is 9.90 Å². The highest BCUT2D eigenvalue weighted by atomic mass is 16.3. The molecule has 0 spiro atoms. The predicted octanol–water partition coefficient (Wildman–Crippen LogP) is 0.964. The Morgan fingerprint density at radius 2 is 2.35 bits per heavy atom. The highest BCUT2D eigenvalue weighted by molar-refractivity contribution is 5.78. The molecule has 4 nitrogen and oxygen atoms in total. The normalized spacial score (nSPS) is 17.3. The smallest absolute Gasteiger partial charge is 0.226 e. The average Bonchev–Trinajstić information content (AvgIpc) is 2.27. The van der Waals surface area contributed by atoms with Crippen LogP contribution in [0.3, 0.4) is 0 Å². The summed E-state index contributed by atoms with van der Waals surface area (Å²) in [6.07, 6.45) is 4.59. The van der Waals surface area contributed by atoms with Crippen molar-refractivity contribution in [2.24, 2.45) is 0 Å². The third-order valence-corrected chi connectivity index (χ3v) is 3.34. The van der Waals surface area contributed by atoms with Gasteiger partial charge in [0.05, 0.1) is 17.7 Å². The molecule has 0 bridgehead atoms. The van der Waals surface area contributed by atoms with Crippen molar-refractivity contribution in [1.29, 1.82) is 0 Å². The van der Waals surface area contributed by atoms with Gasteiger partial charge in [-0.15, -0.1) is 0 Å². The zero-order valence-corrected chi connectivity index (χ0v) is 10.1. The fourth-order valence-corrected chi connectivity index (χ4v) is 1.94. The van der Waals surface area contributed by atoms with Crippen molar-refractivity contribution < 1.29 is 9.90 Å². The second-order valence-electron chi connectivity index (χ2n) is 4.80. The summed E-state index contributed by atoms with van der Waals surface area (Å²) < 4.78 is 0. The first kappa shape index (κ1) is 12.0. The number of carbonyl (C=O) groups excluding carboxylic acids is 1. The summed E-state index contributed by atoms with van der Waals surface area (Å²) >= 11 is 0. The summed E-state index contributed by atoms with van der Waals surface area (Å²) in [5.41, 5.74) is 1.16. The molecule has 1 amide bonds. The first-order chi connectivity index (χ1) is 8.09. The van der Waals surface area contributed by atoms with Gasteiger partial charge in [0, 0.05) is 12.7 Å². The molecule has 17 heavy (non-hydrogen) atoms. The topological polar surface area (TPSA) is 62.2 Å². The van der Waals surface area contributed by atoms with Crippen molar-refractivity contribution in [3.8, 4) is 0 Å². The van der Waals surface area contributed by atoms with Gasteiger partial charge in [-0.1, -0.05) is 6.07 Å². The van der Waals surface area contributed by atoms with E-state index < -0.39 is 5.60 Å². The van der Waals surface area contributed by atoms with Crippen LogP contribution < -0.4 is 5.32 Å². The van der Waals surface area contributed by atoms with Gasteiger partial charge in [-0.3, -0.25) is 9.78 Å². The monoisotopic (exact) mass is 234 g/mol. The molecule has 2 N–H and O–H groups in total. The van der Waals surface area contributed by atoms with Crippen molar-refractivity contribution in [3.05, 3.63) is 29.6 Å². The Morgan fingerprint density at radius 1 is 1.59 bits per heavy atom. The molecule has 1 aliphatic carbocycles. The lowest BCUT2D eigenvalue weighted by molar-refractivity contribution is -0.122. The van der Waals surface area contributed by atoms with E-state index in [4.69, 9.17) is 0 Å². The standard InChI is InChI=1S/C13H18N2O2/c1-10-4-2-7-14-11(10)8-12(16)15-9-13(17)5-3-6-13/h2,4,7,17H,3,5-6,8-9H2,1H3,(H,15,16). The number of nitrogens with zero attached hydrogens (tertiary/aromatic N) is 1. The fraction of sp³-hybridized carbons (Fsp3) is 0.538. The molecule has 1 aromatic heterocycles. The van der Waals surface area contributed by atoms with E-state index in [1.165, 1.54) is 0 Å². The van der Waals surface area contributed by atoms with Gasteiger partial charge in [-0.25, -0.2) is 0 Å². The minimum absolute atomic E-state index is 0.0767. The molecule has 4 heteroatoms. The van der Waals surface area contributed by atoms with E-state index in [1.807, 2.05) is 19.1 Å². The molecule has 1 aromatic rings. The number of nitrogens with one attached hydrogen (secondary N) is 1. The van der Waals surface area contributed by atoms with E-state index in [-0.39, 0.29) is 12.3 Å². The lowest BCUT2D eigenvalue weighted by Gasteiger charge is -2.36. The Morgan fingerprint density at radius 3 is 2.94 bits per heavy atom. The minimum atomic E-state index is -0.658. The molecule has 1 saturated carbocycles. The van der Waals surface area contributed by atoms with Crippen LogP contribution >= 0.6 is 0 Å². The van der Waals surface area contributed by atoms with Crippen LogP contribution in [0.5, 0.6) is 0 Å². The second kappa shape index (κ2) is 4.84. The molecule has 92 valence electrons. The number of aliphatic hydroxyl groups is 1. The summed E-state index contributed by atoms with van der Waals surface area (Å²) in [4.78, 5) is 15.9. The maximum Gasteiger partial charge on any atom is 0.226 e. The summed E-state index contributed by atoms with van der Waals surface area (Å²) in [5, 5.41) is 12.6. The van der Waals surface area contributed by atoms with Crippen molar-refractivity contribution >= 4 is 5.91 Å². The molecule has 1 fully saturated rings.